The van der Waals surface area contributed by atoms with Gasteiger partial charge in [0.2, 0.25) is 5.29 Å². The number of aliphatic imine (C=N–C) groups is 2. The third kappa shape index (κ3) is 3.78. The van der Waals surface area contributed by atoms with Crippen LogP contribution in [-0.4, -0.2) is 26.7 Å². The lowest BCUT2D eigenvalue weighted by molar-refractivity contribution is 0.595. The van der Waals surface area contributed by atoms with Crippen LogP contribution in [0, 0.1) is 0 Å². The summed E-state index contributed by atoms with van der Waals surface area (Å²) in [6.07, 6.45) is 1.58. The number of nitrogens with zero attached hydrogens (tertiary/aromatic N) is 3. The Bertz CT molecular complexity index is 864. The first-order valence-corrected chi connectivity index (χ1v) is 8.95. The highest BCUT2D eigenvalue weighted by Gasteiger charge is 2.16. The van der Waals surface area contributed by atoms with Crippen LogP contribution in [0.2, 0.25) is 0 Å². The van der Waals surface area contributed by atoms with E-state index in [0.717, 1.165) is 5.69 Å². The number of amidine groups is 1. The highest BCUT2D eigenvalue weighted by molar-refractivity contribution is 7.90. The van der Waals surface area contributed by atoms with E-state index in [4.69, 9.17) is 11.6 Å². The fourth-order valence-corrected chi connectivity index (χ4v) is 3.69. The van der Waals surface area contributed by atoms with Crippen LogP contribution in [-0.2, 0) is 15.6 Å². The molecule has 0 aliphatic carbocycles. The molecule has 2 aromatic carbocycles. The maximum absolute atomic E-state index is 12.5. The van der Waals surface area contributed by atoms with Gasteiger partial charge in [-0.25, -0.2) is 18.4 Å². The van der Waals surface area contributed by atoms with Crippen molar-refractivity contribution in [3.63, 3.8) is 0 Å². The maximum Gasteiger partial charge on any atom is 0.220 e. The lowest BCUT2D eigenvalue weighted by Crippen LogP contribution is -2.25. The first kappa shape index (κ1) is 15.7. The van der Waals surface area contributed by atoms with E-state index >= 15 is 0 Å². The number of hydrogen-bond donors (Lipinski definition) is 0. The SMILES string of the molecule is O=S(=O)(Cc1cccc(N2C=NC(Cl)=NC2)c1)c1ccccc1. The van der Waals surface area contributed by atoms with E-state index in [0.29, 0.717) is 17.1 Å². The summed E-state index contributed by atoms with van der Waals surface area (Å²) >= 11 is 5.70. The van der Waals surface area contributed by atoms with Crippen LogP contribution in [0.15, 0.2) is 69.5 Å². The minimum Gasteiger partial charge on any atom is -0.312 e. The first-order valence-electron chi connectivity index (χ1n) is 6.92. The molecule has 0 aromatic heterocycles. The minimum absolute atomic E-state index is 0.0557. The molecule has 0 amide bonds. The van der Waals surface area contributed by atoms with E-state index < -0.39 is 9.84 Å². The van der Waals surface area contributed by atoms with Gasteiger partial charge in [-0.15, -0.1) is 0 Å². The predicted molar refractivity (Wildman–Crippen MR) is 92.9 cm³/mol. The summed E-state index contributed by atoms with van der Waals surface area (Å²) in [5, 5.41) is 0.212. The number of anilines is 1. The quantitative estimate of drug-likeness (QED) is 0.798. The summed E-state index contributed by atoms with van der Waals surface area (Å²) in [6, 6.07) is 15.7. The summed E-state index contributed by atoms with van der Waals surface area (Å²) in [5.41, 5.74) is 1.53. The molecule has 0 radical (unpaired) electrons. The molecule has 0 unspecified atom stereocenters. The molecule has 0 saturated carbocycles. The number of rotatable bonds is 4. The number of sulfone groups is 1. The molecular weight excluding hydrogens is 334 g/mol. The molecular formula is C16H14ClN3O2S. The Labute approximate surface area is 139 Å². The normalized spacial score (nSPS) is 14.7. The van der Waals surface area contributed by atoms with Crippen molar-refractivity contribution in [1.82, 2.24) is 0 Å². The summed E-state index contributed by atoms with van der Waals surface area (Å²) < 4.78 is 24.9. The van der Waals surface area contributed by atoms with Crippen LogP contribution >= 0.6 is 11.6 Å². The summed E-state index contributed by atoms with van der Waals surface area (Å²) in [6.45, 7) is 0.358. The van der Waals surface area contributed by atoms with Gasteiger partial charge in [0.1, 0.15) is 6.67 Å². The van der Waals surface area contributed by atoms with Gasteiger partial charge < -0.3 is 4.90 Å². The van der Waals surface area contributed by atoms with Crippen molar-refractivity contribution in [3.8, 4) is 0 Å². The van der Waals surface area contributed by atoms with E-state index in [1.54, 1.807) is 47.6 Å². The molecule has 0 fully saturated rings. The van der Waals surface area contributed by atoms with Crippen LogP contribution in [0.5, 0.6) is 0 Å². The van der Waals surface area contributed by atoms with Crippen molar-refractivity contribution in [2.75, 3.05) is 11.6 Å². The van der Waals surface area contributed by atoms with Crippen molar-refractivity contribution in [3.05, 3.63) is 60.2 Å². The van der Waals surface area contributed by atoms with Crippen molar-refractivity contribution in [2.45, 2.75) is 10.6 Å². The second kappa shape index (κ2) is 6.52. The fraction of sp³-hybridized carbons (Fsp3) is 0.125. The molecule has 3 rings (SSSR count). The number of hydrogen-bond acceptors (Lipinski definition) is 5. The minimum atomic E-state index is -3.37. The summed E-state index contributed by atoms with van der Waals surface area (Å²) in [5.74, 6) is -0.0557. The predicted octanol–water partition coefficient (Wildman–Crippen LogP) is 3.06. The second-order valence-corrected chi connectivity index (χ2v) is 7.35. The summed E-state index contributed by atoms with van der Waals surface area (Å²) in [7, 11) is -3.37. The van der Waals surface area contributed by atoms with Crippen LogP contribution in [0.25, 0.3) is 0 Å². The molecule has 23 heavy (non-hydrogen) atoms. The lowest BCUT2D eigenvalue weighted by Gasteiger charge is -2.20. The fourth-order valence-electron chi connectivity index (χ4n) is 2.23. The Balaban J connectivity index is 1.82. The third-order valence-electron chi connectivity index (χ3n) is 3.36. The first-order chi connectivity index (χ1) is 11.0. The van der Waals surface area contributed by atoms with Gasteiger partial charge >= 0.3 is 0 Å². The molecule has 2 aromatic rings. The van der Waals surface area contributed by atoms with Crippen LogP contribution in [0.4, 0.5) is 5.69 Å². The molecule has 0 N–H and O–H groups in total. The zero-order chi connectivity index (χ0) is 16.3. The average molecular weight is 348 g/mol. The Kier molecular flexibility index (Phi) is 4.45. The van der Waals surface area contributed by atoms with Crippen molar-refractivity contribution >= 4 is 38.8 Å². The zero-order valence-corrected chi connectivity index (χ0v) is 13.7. The van der Waals surface area contributed by atoms with Gasteiger partial charge in [0.25, 0.3) is 0 Å². The standard InChI is InChI=1S/C16H14ClN3O2S/c17-16-18-11-20(12-19-16)14-6-4-5-13(9-14)10-23(21,22)15-7-2-1-3-8-15/h1-9,11H,10,12H2. The average Bonchev–Trinajstić information content (AvgIpc) is 2.56. The Hall–Kier alpha value is -2.18. The lowest BCUT2D eigenvalue weighted by atomic mass is 10.2. The number of benzene rings is 2. The Morgan fingerprint density at radius 3 is 2.57 bits per heavy atom. The largest absolute Gasteiger partial charge is 0.312 e. The number of halogens is 1. The van der Waals surface area contributed by atoms with E-state index in [1.807, 2.05) is 18.2 Å². The smallest absolute Gasteiger partial charge is 0.220 e. The highest BCUT2D eigenvalue weighted by Crippen LogP contribution is 2.21. The Morgan fingerprint density at radius 1 is 1.09 bits per heavy atom. The zero-order valence-electron chi connectivity index (χ0n) is 12.1. The van der Waals surface area contributed by atoms with Gasteiger partial charge in [-0.3, -0.25) is 0 Å². The molecule has 1 heterocycles. The topological polar surface area (TPSA) is 62.1 Å². The second-order valence-electron chi connectivity index (χ2n) is 5.02. The summed E-state index contributed by atoms with van der Waals surface area (Å²) in [4.78, 5) is 10.1. The van der Waals surface area contributed by atoms with Crippen molar-refractivity contribution in [2.24, 2.45) is 9.98 Å². The molecule has 0 spiro atoms. The van der Waals surface area contributed by atoms with E-state index in [9.17, 15) is 8.42 Å². The van der Waals surface area contributed by atoms with Crippen LogP contribution in [0.3, 0.4) is 0 Å². The van der Waals surface area contributed by atoms with Gasteiger partial charge in [0.05, 0.1) is 17.0 Å². The highest BCUT2D eigenvalue weighted by atomic mass is 35.5. The van der Waals surface area contributed by atoms with Crippen molar-refractivity contribution in [1.29, 1.82) is 0 Å². The molecule has 118 valence electrons. The van der Waals surface area contributed by atoms with Crippen molar-refractivity contribution < 1.29 is 8.42 Å². The third-order valence-corrected chi connectivity index (χ3v) is 5.28. The van der Waals surface area contributed by atoms with Gasteiger partial charge in [0, 0.05) is 5.69 Å². The van der Waals surface area contributed by atoms with Gasteiger partial charge in [-0.05, 0) is 41.4 Å². The van der Waals surface area contributed by atoms with E-state index in [1.165, 1.54) is 0 Å². The van der Waals surface area contributed by atoms with Gasteiger partial charge in [0.15, 0.2) is 9.84 Å². The molecule has 0 bridgehead atoms. The molecule has 1 aliphatic rings. The van der Waals surface area contributed by atoms with Crippen LogP contribution < -0.4 is 4.90 Å². The van der Waals surface area contributed by atoms with Crippen LogP contribution in [0.1, 0.15) is 5.56 Å². The van der Waals surface area contributed by atoms with Gasteiger partial charge in [-0.1, -0.05) is 30.3 Å². The Morgan fingerprint density at radius 2 is 1.87 bits per heavy atom. The van der Waals surface area contributed by atoms with E-state index in [2.05, 4.69) is 9.98 Å². The van der Waals surface area contributed by atoms with E-state index in [-0.39, 0.29) is 11.0 Å². The van der Waals surface area contributed by atoms with Gasteiger partial charge in [-0.2, -0.15) is 0 Å². The molecule has 0 saturated heterocycles. The molecule has 7 heteroatoms. The maximum atomic E-state index is 12.5. The monoisotopic (exact) mass is 347 g/mol. The molecule has 5 nitrogen and oxygen atoms in total. The molecule has 0 atom stereocenters. The molecule has 1 aliphatic heterocycles.